The van der Waals surface area contributed by atoms with Crippen LogP contribution in [0.5, 0.6) is 5.75 Å². The molecule has 0 atom stereocenters. The topological polar surface area (TPSA) is 71.1 Å². The summed E-state index contributed by atoms with van der Waals surface area (Å²) in [4.78, 5) is 4.84. The van der Waals surface area contributed by atoms with Gasteiger partial charge in [0.05, 0.1) is 18.1 Å². The Hall–Kier alpha value is -2.13. The van der Waals surface area contributed by atoms with Crippen LogP contribution in [0.4, 0.5) is 5.69 Å². The van der Waals surface area contributed by atoms with Gasteiger partial charge in [-0.05, 0) is 55.1 Å². The summed E-state index contributed by atoms with van der Waals surface area (Å²) in [6.45, 7) is 11.8. The van der Waals surface area contributed by atoms with E-state index in [0.717, 1.165) is 63.8 Å². The SMILES string of the molecule is CCN(CC)CCOc1ccc(NS(=O)(=O)c2ccc(CN3CCOCC3)cc2)cc1. The molecule has 2 aromatic rings. The third-order valence-electron chi connectivity index (χ3n) is 5.42. The fourth-order valence-corrected chi connectivity index (χ4v) is 4.52. The molecule has 2 aromatic carbocycles. The summed E-state index contributed by atoms with van der Waals surface area (Å²) in [6, 6.07) is 14.1. The van der Waals surface area contributed by atoms with Crippen LogP contribution in [0.15, 0.2) is 53.4 Å². The first-order valence-corrected chi connectivity index (χ1v) is 12.4. The van der Waals surface area contributed by atoms with Gasteiger partial charge in [-0.15, -0.1) is 0 Å². The van der Waals surface area contributed by atoms with E-state index in [9.17, 15) is 8.42 Å². The van der Waals surface area contributed by atoms with Gasteiger partial charge in [-0.3, -0.25) is 9.62 Å². The Bertz CT molecular complexity index is 891. The van der Waals surface area contributed by atoms with E-state index in [4.69, 9.17) is 9.47 Å². The molecule has 1 aliphatic rings. The van der Waals surface area contributed by atoms with Crippen molar-refractivity contribution >= 4 is 15.7 Å². The van der Waals surface area contributed by atoms with Crippen molar-refractivity contribution in [1.29, 1.82) is 0 Å². The number of hydrogen-bond acceptors (Lipinski definition) is 6. The van der Waals surface area contributed by atoms with Crippen molar-refractivity contribution in [3.05, 3.63) is 54.1 Å². The zero-order chi connectivity index (χ0) is 22.1. The molecular formula is C23H33N3O4S. The summed E-state index contributed by atoms with van der Waals surface area (Å²) in [5.41, 5.74) is 1.60. The molecule has 0 amide bonds. The number of morpholine rings is 1. The van der Waals surface area contributed by atoms with E-state index in [1.54, 1.807) is 36.4 Å². The minimum Gasteiger partial charge on any atom is -0.492 e. The highest BCUT2D eigenvalue weighted by Crippen LogP contribution is 2.20. The number of nitrogens with one attached hydrogen (secondary N) is 1. The highest BCUT2D eigenvalue weighted by atomic mass is 32.2. The molecule has 1 N–H and O–H groups in total. The Morgan fingerprint density at radius 1 is 1.00 bits per heavy atom. The first kappa shape index (κ1) is 23.5. The second kappa shape index (κ2) is 11.5. The van der Waals surface area contributed by atoms with Crippen molar-refractivity contribution in [3.8, 4) is 5.75 Å². The molecule has 0 saturated carbocycles. The van der Waals surface area contributed by atoms with Gasteiger partial charge < -0.3 is 14.4 Å². The normalized spacial score (nSPS) is 15.2. The van der Waals surface area contributed by atoms with Crippen molar-refractivity contribution in [1.82, 2.24) is 9.80 Å². The Morgan fingerprint density at radius 3 is 2.26 bits per heavy atom. The third kappa shape index (κ3) is 7.21. The largest absolute Gasteiger partial charge is 0.492 e. The minimum atomic E-state index is -3.64. The summed E-state index contributed by atoms with van der Waals surface area (Å²) < 4.78 is 39.2. The fraction of sp³-hybridized carbons (Fsp3) is 0.478. The third-order valence-corrected chi connectivity index (χ3v) is 6.82. The van der Waals surface area contributed by atoms with E-state index < -0.39 is 10.0 Å². The van der Waals surface area contributed by atoms with Gasteiger partial charge >= 0.3 is 0 Å². The maximum absolute atomic E-state index is 12.7. The minimum absolute atomic E-state index is 0.248. The lowest BCUT2D eigenvalue weighted by Crippen LogP contribution is -2.35. The molecule has 8 heteroatoms. The molecule has 1 heterocycles. The number of likely N-dealkylation sites (N-methyl/N-ethyl adjacent to an activating group) is 1. The van der Waals surface area contributed by atoms with Gasteiger partial charge in [-0.25, -0.2) is 8.42 Å². The average Bonchev–Trinajstić information content (AvgIpc) is 2.79. The molecule has 1 fully saturated rings. The van der Waals surface area contributed by atoms with Gasteiger partial charge in [-0.2, -0.15) is 0 Å². The maximum atomic E-state index is 12.7. The molecule has 0 aliphatic carbocycles. The molecule has 0 radical (unpaired) electrons. The summed E-state index contributed by atoms with van der Waals surface area (Å²) in [5, 5.41) is 0. The number of hydrogen-bond donors (Lipinski definition) is 1. The fourth-order valence-electron chi connectivity index (χ4n) is 3.46. The van der Waals surface area contributed by atoms with Crippen LogP contribution in [0.25, 0.3) is 0 Å². The molecule has 7 nitrogen and oxygen atoms in total. The molecule has 1 saturated heterocycles. The van der Waals surface area contributed by atoms with E-state index in [-0.39, 0.29) is 4.90 Å². The predicted octanol–water partition coefficient (Wildman–Crippen LogP) is 3.04. The molecule has 1 aliphatic heterocycles. The zero-order valence-electron chi connectivity index (χ0n) is 18.4. The summed E-state index contributed by atoms with van der Waals surface area (Å²) in [7, 11) is -3.64. The number of benzene rings is 2. The quantitative estimate of drug-likeness (QED) is 0.571. The summed E-state index contributed by atoms with van der Waals surface area (Å²) >= 11 is 0. The number of ether oxygens (including phenoxy) is 2. The van der Waals surface area contributed by atoms with Crippen LogP contribution in [-0.4, -0.2) is 70.8 Å². The number of sulfonamides is 1. The first-order valence-electron chi connectivity index (χ1n) is 10.9. The van der Waals surface area contributed by atoms with Crippen molar-refractivity contribution < 1.29 is 17.9 Å². The van der Waals surface area contributed by atoms with Gasteiger partial charge in [-0.1, -0.05) is 26.0 Å². The van der Waals surface area contributed by atoms with Crippen molar-refractivity contribution in [3.63, 3.8) is 0 Å². The molecule has 170 valence electrons. The lowest BCUT2D eigenvalue weighted by atomic mass is 10.2. The van der Waals surface area contributed by atoms with Crippen LogP contribution in [0.2, 0.25) is 0 Å². The Kier molecular flexibility index (Phi) is 8.71. The Labute approximate surface area is 186 Å². The van der Waals surface area contributed by atoms with E-state index in [2.05, 4.69) is 28.4 Å². The molecule has 31 heavy (non-hydrogen) atoms. The summed E-state index contributed by atoms with van der Waals surface area (Å²) in [5.74, 6) is 0.725. The van der Waals surface area contributed by atoms with Crippen LogP contribution in [-0.2, 0) is 21.3 Å². The molecule has 0 bridgehead atoms. The van der Waals surface area contributed by atoms with Gasteiger partial charge in [0.2, 0.25) is 0 Å². The van der Waals surface area contributed by atoms with Gasteiger partial charge in [0.1, 0.15) is 12.4 Å². The molecule has 0 aromatic heterocycles. The van der Waals surface area contributed by atoms with Crippen molar-refractivity contribution in [2.75, 3.05) is 57.3 Å². The lowest BCUT2D eigenvalue weighted by Gasteiger charge is -2.26. The molecule has 3 rings (SSSR count). The number of rotatable bonds is 11. The first-order chi connectivity index (χ1) is 15.0. The monoisotopic (exact) mass is 447 g/mol. The molecular weight excluding hydrogens is 414 g/mol. The molecule has 0 spiro atoms. The zero-order valence-corrected chi connectivity index (χ0v) is 19.2. The average molecular weight is 448 g/mol. The van der Waals surface area contributed by atoms with E-state index in [0.29, 0.717) is 12.3 Å². The van der Waals surface area contributed by atoms with Crippen LogP contribution in [0.3, 0.4) is 0 Å². The van der Waals surface area contributed by atoms with E-state index >= 15 is 0 Å². The maximum Gasteiger partial charge on any atom is 0.261 e. The van der Waals surface area contributed by atoms with E-state index in [1.807, 2.05) is 12.1 Å². The van der Waals surface area contributed by atoms with Gasteiger partial charge in [0.25, 0.3) is 10.0 Å². The lowest BCUT2D eigenvalue weighted by molar-refractivity contribution is 0.0342. The standard InChI is InChI=1S/C23H33N3O4S/c1-3-25(4-2)15-18-30-22-9-7-21(8-10-22)24-31(27,28)23-11-5-20(6-12-23)19-26-13-16-29-17-14-26/h5-12,24H,3-4,13-19H2,1-2H3. The second-order valence-corrected chi connectivity index (χ2v) is 9.22. The van der Waals surface area contributed by atoms with Crippen molar-refractivity contribution in [2.45, 2.75) is 25.3 Å². The predicted molar refractivity (Wildman–Crippen MR) is 123 cm³/mol. The smallest absolute Gasteiger partial charge is 0.261 e. The van der Waals surface area contributed by atoms with Crippen LogP contribution < -0.4 is 9.46 Å². The van der Waals surface area contributed by atoms with E-state index in [1.165, 1.54) is 0 Å². The highest BCUT2D eigenvalue weighted by Gasteiger charge is 2.15. The number of nitrogens with zero attached hydrogens (tertiary/aromatic N) is 2. The van der Waals surface area contributed by atoms with Crippen LogP contribution >= 0.6 is 0 Å². The van der Waals surface area contributed by atoms with Crippen LogP contribution in [0, 0.1) is 0 Å². The van der Waals surface area contributed by atoms with Crippen molar-refractivity contribution in [2.24, 2.45) is 0 Å². The Morgan fingerprint density at radius 2 is 1.65 bits per heavy atom. The van der Waals surface area contributed by atoms with Gasteiger partial charge in [0, 0.05) is 31.9 Å². The number of anilines is 1. The summed E-state index contributed by atoms with van der Waals surface area (Å²) in [6.07, 6.45) is 0. The highest BCUT2D eigenvalue weighted by molar-refractivity contribution is 7.92. The second-order valence-electron chi connectivity index (χ2n) is 7.54. The van der Waals surface area contributed by atoms with Gasteiger partial charge in [0.15, 0.2) is 0 Å². The molecule has 0 unspecified atom stereocenters. The Balaban J connectivity index is 1.53. The van der Waals surface area contributed by atoms with Crippen LogP contribution in [0.1, 0.15) is 19.4 Å².